The van der Waals surface area contributed by atoms with Crippen LogP contribution in [0.1, 0.15) is 53.4 Å². The van der Waals surface area contributed by atoms with Crippen LogP contribution in [0.3, 0.4) is 0 Å². The van der Waals surface area contributed by atoms with Crippen molar-refractivity contribution in [3.63, 3.8) is 0 Å². The van der Waals surface area contributed by atoms with Gasteiger partial charge in [0.1, 0.15) is 0 Å². The molecule has 0 heterocycles. The highest BCUT2D eigenvalue weighted by atomic mass is 14.8. The molecule has 1 heteroatoms. The van der Waals surface area contributed by atoms with Crippen LogP contribution in [0.15, 0.2) is 0 Å². The molecule has 2 atom stereocenters. The van der Waals surface area contributed by atoms with Crippen molar-refractivity contribution in [2.24, 2.45) is 17.1 Å². The molecule has 0 aromatic rings. The summed E-state index contributed by atoms with van der Waals surface area (Å²) in [5, 5.41) is 0. The Bertz CT molecular complexity index is 162. The maximum Gasteiger partial charge on any atom is 0.0159 e. The predicted molar refractivity (Wildman–Crippen MR) is 54.0 cm³/mol. The van der Waals surface area contributed by atoms with Crippen LogP contribution in [0.4, 0.5) is 0 Å². The Morgan fingerprint density at radius 2 is 1.92 bits per heavy atom. The van der Waals surface area contributed by atoms with Crippen LogP contribution in [-0.4, -0.2) is 5.54 Å². The highest BCUT2D eigenvalue weighted by molar-refractivity contribution is 4.95. The van der Waals surface area contributed by atoms with Gasteiger partial charge < -0.3 is 5.73 Å². The number of rotatable bonds is 1. The Balaban J connectivity index is 2.70. The molecule has 12 heavy (non-hydrogen) atoms. The van der Waals surface area contributed by atoms with E-state index >= 15 is 0 Å². The summed E-state index contributed by atoms with van der Waals surface area (Å²) in [5.41, 5.74) is 6.91. The van der Waals surface area contributed by atoms with Crippen molar-refractivity contribution < 1.29 is 0 Å². The third kappa shape index (κ3) is 2.22. The van der Waals surface area contributed by atoms with Crippen molar-refractivity contribution in [3.05, 3.63) is 0 Å². The number of hydrogen-bond donors (Lipinski definition) is 1. The van der Waals surface area contributed by atoms with Crippen LogP contribution in [-0.2, 0) is 0 Å². The molecular formula is C11H23N. The average molecular weight is 169 g/mol. The van der Waals surface area contributed by atoms with Crippen LogP contribution < -0.4 is 5.73 Å². The van der Waals surface area contributed by atoms with Gasteiger partial charge in [0.15, 0.2) is 0 Å². The highest BCUT2D eigenvalue weighted by Crippen LogP contribution is 2.43. The number of nitrogens with two attached hydrogens (primary N) is 1. The van der Waals surface area contributed by atoms with E-state index in [1.807, 2.05) is 0 Å². The molecule has 0 amide bonds. The third-order valence-electron chi connectivity index (χ3n) is 3.19. The van der Waals surface area contributed by atoms with Gasteiger partial charge in [0.2, 0.25) is 0 Å². The molecule has 1 nitrogen and oxygen atoms in total. The normalized spacial score (nSPS) is 41.2. The second kappa shape index (κ2) is 3.02. The van der Waals surface area contributed by atoms with Crippen molar-refractivity contribution in [3.8, 4) is 0 Å². The molecule has 1 aliphatic rings. The molecule has 0 aromatic carbocycles. The van der Waals surface area contributed by atoms with E-state index in [0.29, 0.717) is 5.41 Å². The summed E-state index contributed by atoms with van der Waals surface area (Å²) in [7, 11) is 0. The maximum absolute atomic E-state index is 6.32. The van der Waals surface area contributed by atoms with Gasteiger partial charge in [-0.15, -0.1) is 0 Å². The molecule has 0 bridgehead atoms. The van der Waals surface area contributed by atoms with Crippen molar-refractivity contribution >= 4 is 0 Å². The van der Waals surface area contributed by atoms with E-state index in [9.17, 15) is 0 Å². The van der Waals surface area contributed by atoms with Crippen LogP contribution >= 0.6 is 0 Å². The fraction of sp³-hybridized carbons (Fsp3) is 1.00. The first-order valence-corrected chi connectivity index (χ1v) is 5.16. The van der Waals surface area contributed by atoms with Gasteiger partial charge in [0.25, 0.3) is 0 Å². The fourth-order valence-corrected chi connectivity index (χ4v) is 3.08. The Morgan fingerprint density at radius 1 is 1.33 bits per heavy atom. The van der Waals surface area contributed by atoms with Crippen LogP contribution in [0.25, 0.3) is 0 Å². The van der Waals surface area contributed by atoms with Crippen LogP contribution in [0, 0.1) is 11.3 Å². The standard InChI is InChI=1S/C11H23N/c1-5-11(12)7-9(2)6-10(3,4)8-11/h9H,5-8,12H2,1-4H3/t9-,11+/m0/s1. The zero-order valence-electron chi connectivity index (χ0n) is 8.98. The van der Waals surface area contributed by atoms with Gasteiger partial charge in [-0.3, -0.25) is 0 Å². The number of hydrogen-bond acceptors (Lipinski definition) is 1. The second-order valence-corrected chi connectivity index (χ2v) is 5.57. The fourth-order valence-electron chi connectivity index (χ4n) is 3.08. The molecule has 1 saturated carbocycles. The Labute approximate surface area is 76.7 Å². The van der Waals surface area contributed by atoms with Gasteiger partial charge in [-0.25, -0.2) is 0 Å². The minimum atomic E-state index is 0.126. The molecule has 72 valence electrons. The van der Waals surface area contributed by atoms with Crippen LogP contribution in [0.5, 0.6) is 0 Å². The SMILES string of the molecule is CC[C@@]1(N)C[C@@H](C)CC(C)(C)C1. The van der Waals surface area contributed by atoms with E-state index in [4.69, 9.17) is 5.73 Å². The zero-order valence-corrected chi connectivity index (χ0v) is 8.98. The first kappa shape index (κ1) is 10.0. The lowest BCUT2D eigenvalue weighted by molar-refractivity contribution is 0.105. The Hall–Kier alpha value is -0.0400. The van der Waals surface area contributed by atoms with Gasteiger partial charge in [0.05, 0.1) is 0 Å². The van der Waals surface area contributed by atoms with Crippen molar-refractivity contribution in [1.29, 1.82) is 0 Å². The average Bonchev–Trinajstić information content (AvgIpc) is 1.82. The highest BCUT2D eigenvalue weighted by Gasteiger charge is 2.38. The van der Waals surface area contributed by atoms with Crippen molar-refractivity contribution in [1.82, 2.24) is 0 Å². The Morgan fingerprint density at radius 3 is 2.33 bits per heavy atom. The molecule has 0 radical (unpaired) electrons. The lowest BCUT2D eigenvalue weighted by Gasteiger charge is -2.45. The summed E-state index contributed by atoms with van der Waals surface area (Å²) in [6.45, 7) is 9.24. The van der Waals surface area contributed by atoms with Crippen molar-refractivity contribution in [2.45, 2.75) is 58.9 Å². The smallest absolute Gasteiger partial charge is 0.0159 e. The zero-order chi connectivity index (χ0) is 9.41. The maximum atomic E-state index is 6.32. The van der Waals surface area contributed by atoms with Gasteiger partial charge in [-0.2, -0.15) is 0 Å². The molecule has 0 aromatic heterocycles. The van der Waals surface area contributed by atoms with Gasteiger partial charge in [-0.1, -0.05) is 27.7 Å². The minimum Gasteiger partial charge on any atom is -0.325 e. The first-order chi connectivity index (χ1) is 5.37. The lowest BCUT2D eigenvalue weighted by atomic mass is 9.64. The third-order valence-corrected chi connectivity index (χ3v) is 3.19. The summed E-state index contributed by atoms with van der Waals surface area (Å²) in [4.78, 5) is 0. The molecule has 2 N–H and O–H groups in total. The van der Waals surface area contributed by atoms with E-state index in [1.54, 1.807) is 0 Å². The van der Waals surface area contributed by atoms with E-state index in [-0.39, 0.29) is 5.54 Å². The Kier molecular flexibility index (Phi) is 2.53. The van der Waals surface area contributed by atoms with Gasteiger partial charge in [0, 0.05) is 5.54 Å². The first-order valence-electron chi connectivity index (χ1n) is 5.16. The van der Waals surface area contributed by atoms with E-state index in [1.165, 1.54) is 19.3 Å². The monoisotopic (exact) mass is 169 g/mol. The largest absolute Gasteiger partial charge is 0.325 e. The lowest BCUT2D eigenvalue weighted by Crippen LogP contribution is -2.48. The van der Waals surface area contributed by atoms with Gasteiger partial charge in [-0.05, 0) is 37.0 Å². The minimum absolute atomic E-state index is 0.126. The molecule has 1 rings (SSSR count). The van der Waals surface area contributed by atoms with Gasteiger partial charge >= 0.3 is 0 Å². The predicted octanol–water partition coefficient (Wildman–Crippen LogP) is 2.94. The van der Waals surface area contributed by atoms with Crippen LogP contribution in [0.2, 0.25) is 0 Å². The second-order valence-electron chi connectivity index (χ2n) is 5.57. The van der Waals surface area contributed by atoms with E-state index < -0.39 is 0 Å². The molecule has 0 unspecified atom stereocenters. The van der Waals surface area contributed by atoms with E-state index in [2.05, 4.69) is 27.7 Å². The summed E-state index contributed by atoms with van der Waals surface area (Å²) >= 11 is 0. The topological polar surface area (TPSA) is 26.0 Å². The molecule has 1 fully saturated rings. The molecule has 1 aliphatic carbocycles. The quantitative estimate of drug-likeness (QED) is 0.641. The molecule has 0 saturated heterocycles. The van der Waals surface area contributed by atoms with Crippen molar-refractivity contribution in [2.75, 3.05) is 0 Å². The van der Waals surface area contributed by atoms with E-state index in [0.717, 1.165) is 12.3 Å². The molecule has 0 spiro atoms. The molecular weight excluding hydrogens is 146 g/mol. The summed E-state index contributed by atoms with van der Waals surface area (Å²) < 4.78 is 0. The molecule has 0 aliphatic heterocycles. The summed E-state index contributed by atoms with van der Waals surface area (Å²) in [6, 6.07) is 0. The summed E-state index contributed by atoms with van der Waals surface area (Å²) in [5.74, 6) is 0.804. The summed E-state index contributed by atoms with van der Waals surface area (Å²) in [6.07, 6.45) is 4.88.